The normalized spacial score (nSPS) is 11.2. The van der Waals surface area contributed by atoms with Gasteiger partial charge in [-0.05, 0) is 12.1 Å². The molecule has 1 amide bonds. The first-order chi connectivity index (χ1) is 10.2. The molecule has 0 aliphatic heterocycles. The molecule has 0 unspecified atom stereocenters. The Balaban J connectivity index is 2.52. The maximum Gasteiger partial charge on any atom is 0.573 e. The first-order valence-corrected chi connectivity index (χ1v) is 5.44. The quantitative estimate of drug-likeness (QED) is 0.645. The van der Waals surface area contributed by atoms with Crippen molar-refractivity contribution >= 4 is 11.6 Å². The Hall–Kier alpha value is -3.18. The molecular formula is C10H6F3N5O4. The Bertz CT molecular complexity index is 742. The van der Waals surface area contributed by atoms with Crippen LogP contribution >= 0.6 is 0 Å². The highest BCUT2D eigenvalue weighted by atomic mass is 19.4. The van der Waals surface area contributed by atoms with Gasteiger partial charge in [0.05, 0.1) is 4.92 Å². The van der Waals surface area contributed by atoms with Crippen molar-refractivity contribution in [2.75, 3.05) is 0 Å². The second kappa shape index (κ2) is 5.31. The van der Waals surface area contributed by atoms with Crippen LogP contribution in [-0.2, 0) is 0 Å². The number of carbonyl (C=O) groups excluding carboxylic acids is 1. The molecule has 0 spiro atoms. The molecule has 1 aromatic heterocycles. The van der Waals surface area contributed by atoms with Crippen LogP contribution in [0, 0.1) is 10.1 Å². The Morgan fingerprint density at radius 1 is 1.36 bits per heavy atom. The molecule has 0 atom stereocenters. The number of nitrogens with two attached hydrogens (primary N) is 1. The lowest BCUT2D eigenvalue weighted by Crippen LogP contribution is -2.18. The number of nitro groups is 1. The first kappa shape index (κ1) is 15.2. The smallest absolute Gasteiger partial charge is 0.398 e. The van der Waals surface area contributed by atoms with Gasteiger partial charge in [-0.15, -0.1) is 13.2 Å². The van der Waals surface area contributed by atoms with E-state index in [-0.39, 0.29) is 17.0 Å². The number of rotatable bonds is 4. The minimum atomic E-state index is -5.08. The minimum absolute atomic E-state index is 0.0243. The topological polar surface area (TPSA) is 137 Å². The number of aromatic nitrogens is 3. The second-order valence-electron chi connectivity index (χ2n) is 3.87. The number of H-pyrrole nitrogens is 1. The zero-order valence-electron chi connectivity index (χ0n) is 10.4. The Morgan fingerprint density at radius 3 is 2.59 bits per heavy atom. The lowest BCUT2D eigenvalue weighted by atomic mass is 10.1. The fourth-order valence-corrected chi connectivity index (χ4v) is 1.62. The van der Waals surface area contributed by atoms with Crippen molar-refractivity contribution in [3.05, 3.63) is 34.0 Å². The molecule has 0 radical (unpaired) electrons. The van der Waals surface area contributed by atoms with E-state index in [1.807, 2.05) is 0 Å². The van der Waals surface area contributed by atoms with Crippen LogP contribution in [0.25, 0.3) is 11.3 Å². The summed E-state index contributed by atoms with van der Waals surface area (Å²) in [7, 11) is 0. The van der Waals surface area contributed by atoms with Crippen LogP contribution < -0.4 is 10.5 Å². The number of carbonyl (C=O) groups is 1. The largest absolute Gasteiger partial charge is 0.573 e. The molecule has 2 aromatic rings. The SMILES string of the molecule is NC(=O)c1n[nH]nc1-c1ccc(OC(F)(F)F)c([N+](=O)[O-])c1. The molecule has 1 heterocycles. The summed E-state index contributed by atoms with van der Waals surface area (Å²) in [4.78, 5) is 20.9. The molecule has 12 heteroatoms. The molecule has 1 aromatic carbocycles. The summed E-state index contributed by atoms with van der Waals surface area (Å²) in [6.45, 7) is 0. The second-order valence-corrected chi connectivity index (χ2v) is 3.87. The number of nitro benzene ring substituents is 1. The number of aromatic amines is 1. The molecular weight excluding hydrogens is 311 g/mol. The average molecular weight is 317 g/mol. The van der Waals surface area contributed by atoms with Gasteiger partial charge in [-0.25, -0.2) is 0 Å². The lowest BCUT2D eigenvalue weighted by molar-refractivity contribution is -0.388. The number of ether oxygens (including phenoxy) is 1. The van der Waals surface area contributed by atoms with E-state index in [4.69, 9.17) is 5.73 Å². The van der Waals surface area contributed by atoms with Gasteiger partial charge in [0, 0.05) is 11.6 Å². The van der Waals surface area contributed by atoms with Gasteiger partial charge in [-0.1, -0.05) is 0 Å². The van der Waals surface area contributed by atoms with Gasteiger partial charge in [0.1, 0.15) is 5.69 Å². The van der Waals surface area contributed by atoms with Crippen LogP contribution in [0.5, 0.6) is 5.75 Å². The average Bonchev–Trinajstić information content (AvgIpc) is 2.86. The van der Waals surface area contributed by atoms with E-state index >= 15 is 0 Å². The van der Waals surface area contributed by atoms with E-state index in [0.717, 1.165) is 18.2 Å². The zero-order chi connectivity index (χ0) is 16.5. The summed E-state index contributed by atoms with van der Waals surface area (Å²) in [5, 5.41) is 20.0. The molecule has 0 aliphatic rings. The van der Waals surface area contributed by atoms with E-state index in [0.29, 0.717) is 0 Å². The molecule has 0 aliphatic carbocycles. The maximum atomic E-state index is 12.2. The van der Waals surface area contributed by atoms with E-state index in [2.05, 4.69) is 20.1 Å². The molecule has 3 N–H and O–H groups in total. The monoisotopic (exact) mass is 317 g/mol. The third-order valence-electron chi connectivity index (χ3n) is 2.44. The van der Waals surface area contributed by atoms with Crippen LogP contribution in [0.4, 0.5) is 18.9 Å². The van der Waals surface area contributed by atoms with Crippen LogP contribution in [0.1, 0.15) is 10.5 Å². The highest BCUT2D eigenvalue weighted by Crippen LogP contribution is 2.35. The molecule has 0 saturated carbocycles. The third kappa shape index (κ3) is 3.11. The van der Waals surface area contributed by atoms with Gasteiger partial charge in [-0.3, -0.25) is 14.9 Å². The number of amides is 1. The van der Waals surface area contributed by atoms with E-state index in [1.165, 1.54) is 0 Å². The third-order valence-corrected chi connectivity index (χ3v) is 2.44. The fourth-order valence-electron chi connectivity index (χ4n) is 1.62. The Kier molecular flexibility index (Phi) is 3.67. The first-order valence-electron chi connectivity index (χ1n) is 5.44. The predicted octanol–water partition coefficient (Wildman–Crippen LogP) is 1.38. The number of benzene rings is 1. The van der Waals surface area contributed by atoms with E-state index in [9.17, 15) is 28.1 Å². The van der Waals surface area contributed by atoms with Gasteiger partial charge in [0.15, 0.2) is 5.69 Å². The number of hydrogen-bond donors (Lipinski definition) is 2. The fraction of sp³-hybridized carbons (Fsp3) is 0.100. The summed E-state index contributed by atoms with van der Waals surface area (Å²) < 4.78 is 40.2. The predicted molar refractivity (Wildman–Crippen MR) is 63.7 cm³/mol. The van der Waals surface area contributed by atoms with Crippen molar-refractivity contribution in [2.45, 2.75) is 6.36 Å². The molecule has 0 bridgehead atoms. The number of nitrogens with one attached hydrogen (secondary N) is 1. The number of hydrogen-bond acceptors (Lipinski definition) is 6. The molecule has 0 saturated heterocycles. The van der Waals surface area contributed by atoms with Crippen molar-refractivity contribution in [3.63, 3.8) is 0 Å². The summed E-state index contributed by atoms with van der Waals surface area (Å²) in [6, 6.07) is 2.56. The Labute approximate surface area is 119 Å². The summed E-state index contributed by atoms with van der Waals surface area (Å²) in [5.41, 5.74) is 3.63. The van der Waals surface area contributed by atoms with Gasteiger partial charge < -0.3 is 10.5 Å². The van der Waals surface area contributed by atoms with Gasteiger partial charge in [-0.2, -0.15) is 15.4 Å². The minimum Gasteiger partial charge on any atom is -0.398 e. The van der Waals surface area contributed by atoms with Gasteiger partial charge in [0.25, 0.3) is 5.91 Å². The number of alkyl halides is 3. The standard InChI is InChI=1S/C10H6F3N5O4/c11-10(12,13)22-6-2-1-4(3-5(6)18(20)21)7-8(9(14)19)16-17-15-7/h1-3H,(H2,14,19)(H,15,16,17). The summed E-state index contributed by atoms with van der Waals surface area (Å²) in [5.74, 6) is -1.95. The van der Waals surface area contributed by atoms with Crippen LogP contribution in [0.15, 0.2) is 18.2 Å². The maximum absolute atomic E-state index is 12.2. The number of nitrogens with zero attached hydrogens (tertiary/aromatic N) is 3. The van der Waals surface area contributed by atoms with Crippen LogP contribution in [0.3, 0.4) is 0 Å². The molecule has 22 heavy (non-hydrogen) atoms. The van der Waals surface area contributed by atoms with E-state index in [1.54, 1.807) is 0 Å². The van der Waals surface area contributed by atoms with Gasteiger partial charge >= 0.3 is 12.0 Å². The molecule has 0 fully saturated rings. The highest BCUT2D eigenvalue weighted by Gasteiger charge is 2.34. The summed E-state index contributed by atoms with van der Waals surface area (Å²) >= 11 is 0. The van der Waals surface area contributed by atoms with Crippen molar-refractivity contribution in [2.24, 2.45) is 5.73 Å². The van der Waals surface area contributed by atoms with E-state index < -0.39 is 28.6 Å². The van der Waals surface area contributed by atoms with Gasteiger partial charge in [0.2, 0.25) is 5.75 Å². The Morgan fingerprint density at radius 2 is 2.05 bits per heavy atom. The molecule has 9 nitrogen and oxygen atoms in total. The molecule has 116 valence electrons. The highest BCUT2D eigenvalue weighted by molar-refractivity contribution is 5.96. The van der Waals surface area contributed by atoms with Crippen molar-refractivity contribution in [3.8, 4) is 17.0 Å². The number of primary amides is 1. The summed E-state index contributed by atoms with van der Waals surface area (Å²) in [6.07, 6.45) is -5.08. The lowest BCUT2D eigenvalue weighted by Gasteiger charge is -2.09. The van der Waals surface area contributed by atoms with Crippen molar-refractivity contribution < 1.29 is 27.6 Å². The van der Waals surface area contributed by atoms with Crippen molar-refractivity contribution in [1.29, 1.82) is 0 Å². The van der Waals surface area contributed by atoms with Crippen molar-refractivity contribution in [1.82, 2.24) is 15.4 Å². The zero-order valence-corrected chi connectivity index (χ0v) is 10.4. The molecule has 2 rings (SSSR count). The number of halogens is 3. The van der Waals surface area contributed by atoms with Crippen LogP contribution in [0.2, 0.25) is 0 Å². The van der Waals surface area contributed by atoms with Crippen LogP contribution in [-0.4, -0.2) is 32.6 Å².